The molecule has 1 aliphatic rings. The molecule has 1 N–H and O–H groups in total. The van der Waals surface area contributed by atoms with Gasteiger partial charge in [-0.2, -0.15) is 0 Å². The average molecular weight is 387 g/mol. The van der Waals surface area contributed by atoms with Crippen LogP contribution in [0, 0.1) is 23.7 Å². The highest BCUT2D eigenvalue weighted by Crippen LogP contribution is 2.39. The van der Waals surface area contributed by atoms with Gasteiger partial charge in [-0.3, -0.25) is 9.59 Å². The molecular formula is C24H38N2O2. The first-order valence-corrected chi connectivity index (χ1v) is 10.8. The largest absolute Gasteiger partial charge is 0.348 e. The van der Waals surface area contributed by atoms with E-state index in [0.717, 1.165) is 18.4 Å². The third-order valence-corrected chi connectivity index (χ3v) is 6.11. The monoisotopic (exact) mass is 386 g/mol. The van der Waals surface area contributed by atoms with E-state index in [4.69, 9.17) is 0 Å². The SMILES string of the molecule is CC(C)[C@@H]1CC[C@@H](C)C[C@H]1C(=O)CC[C@@H](NC(=O)CN(C)C)c1ccccc1. The van der Waals surface area contributed by atoms with Gasteiger partial charge in [-0.05, 0) is 56.7 Å². The number of nitrogens with zero attached hydrogens (tertiary/aromatic N) is 1. The summed E-state index contributed by atoms with van der Waals surface area (Å²) < 4.78 is 0. The summed E-state index contributed by atoms with van der Waals surface area (Å²) in [5.41, 5.74) is 1.07. The van der Waals surface area contributed by atoms with Crippen LogP contribution in [0.4, 0.5) is 0 Å². The van der Waals surface area contributed by atoms with Gasteiger partial charge in [0.05, 0.1) is 12.6 Å². The van der Waals surface area contributed by atoms with Crippen molar-refractivity contribution in [3.8, 4) is 0 Å². The number of Topliss-reactive ketones (excluding diaryl/α,β-unsaturated/α-hetero) is 1. The van der Waals surface area contributed by atoms with Gasteiger partial charge in [-0.1, -0.05) is 57.5 Å². The normalized spacial score (nSPS) is 23.6. The summed E-state index contributed by atoms with van der Waals surface area (Å²) in [7, 11) is 3.77. The van der Waals surface area contributed by atoms with Gasteiger partial charge in [0, 0.05) is 12.3 Å². The average Bonchev–Trinajstić information content (AvgIpc) is 2.64. The smallest absolute Gasteiger partial charge is 0.234 e. The second-order valence-electron chi connectivity index (χ2n) is 9.21. The number of carbonyl (C=O) groups is 2. The fourth-order valence-corrected chi connectivity index (χ4v) is 4.58. The van der Waals surface area contributed by atoms with E-state index in [2.05, 4.69) is 26.1 Å². The van der Waals surface area contributed by atoms with Crippen molar-refractivity contribution >= 4 is 11.7 Å². The summed E-state index contributed by atoms with van der Waals surface area (Å²) in [5, 5.41) is 3.13. The standard InChI is InChI=1S/C24H38N2O2/c1-17(2)20-12-11-18(3)15-21(20)23(27)14-13-22(19-9-7-6-8-10-19)25-24(28)16-26(4)5/h6-10,17-18,20-22H,11-16H2,1-5H3,(H,25,28)/t18-,20+,21-,22-/m1/s1. The number of carbonyl (C=O) groups excluding carboxylic acids is 2. The van der Waals surface area contributed by atoms with Crippen LogP contribution in [-0.4, -0.2) is 37.2 Å². The number of hydrogen-bond donors (Lipinski definition) is 1. The molecule has 1 aromatic rings. The lowest BCUT2D eigenvalue weighted by Gasteiger charge is -2.36. The first-order valence-electron chi connectivity index (χ1n) is 10.8. The van der Waals surface area contributed by atoms with E-state index in [-0.39, 0.29) is 17.9 Å². The van der Waals surface area contributed by atoms with Crippen LogP contribution < -0.4 is 5.32 Å². The van der Waals surface area contributed by atoms with Crippen LogP contribution in [0.5, 0.6) is 0 Å². The van der Waals surface area contributed by atoms with E-state index in [1.807, 2.05) is 49.3 Å². The third kappa shape index (κ3) is 6.73. The van der Waals surface area contributed by atoms with Crippen molar-refractivity contribution in [2.45, 2.75) is 58.9 Å². The first-order chi connectivity index (χ1) is 13.3. The topological polar surface area (TPSA) is 49.4 Å². The van der Waals surface area contributed by atoms with E-state index in [0.29, 0.717) is 42.9 Å². The molecule has 1 aromatic carbocycles. The number of nitrogens with one attached hydrogen (secondary N) is 1. The Bertz CT molecular complexity index is 627. The lowest BCUT2D eigenvalue weighted by atomic mass is 9.68. The lowest BCUT2D eigenvalue weighted by Crippen LogP contribution is -2.37. The van der Waals surface area contributed by atoms with Crippen molar-refractivity contribution in [1.82, 2.24) is 10.2 Å². The molecule has 0 spiro atoms. The summed E-state index contributed by atoms with van der Waals surface area (Å²) >= 11 is 0. The Morgan fingerprint density at radius 3 is 2.43 bits per heavy atom. The van der Waals surface area contributed by atoms with Crippen LogP contribution in [-0.2, 0) is 9.59 Å². The maximum atomic E-state index is 13.1. The van der Waals surface area contributed by atoms with Crippen molar-refractivity contribution in [3.05, 3.63) is 35.9 Å². The molecule has 28 heavy (non-hydrogen) atoms. The predicted molar refractivity (Wildman–Crippen MR) is 115 cm³/mol. The number of ketones is 1. The molecule has 4 atom stereocenters. The molecule has 4 heteroatoms. The van der Waals surface area contributed by atoms with Gasteiger partial charge in [-0.25, -0.2) is 0 Å². The van der Waals surface area contributed by atoms with Gasteiger partial charge in [0.1, 0.15) is 5.78 Å². The highest BCUT2D eigenvalue weighted by molar-refractivity contribution is 5.82. The van der Waals surface area contributed by atoms with E-state index >= 15 is 0 Å². The molecule has 0 aliphatic heterocycles. The van der Waals surface area contributed by atoms with Crippen LogP contribution in [0.2, 0.25) is 0 Å². The highest BCUT2D eigenvalue weighted by Gasteiger charge is 2.35. The molecule has 0 heterocycles. The summed E-state index contributed by atoms with van der Waals surface area (Å²) in [6, 6.07) is 9.90. The maximum absolute atomic E-state index is 13.1. The molecule has 4 nitrogen and oxygen atoms in total. The van der Waals surface area contributed by atoms with Crippen molar-refractivity contribution < 1.29 is 9.59 Å². The number of rotatable bonds is 9. The number of benzene rings is 1. The number of likely N-dealkylation sites (N-methyl/N-ethyl adjacent to an activating group) is 1. The molecule has 1 aliphatic carbocycles. The Hall–Kier alpha value is -1.68. The number of hydrogen-bond acceptors (Lipinski definition) is 3. The zero-order valence-electron chi connectivity index (χ0n) is 18.3. The summed E-state index contributed by atoms with van der Waals surface area (Å²) in [5.74, 6) is 2.24. The van der Waals surface area contributed by atoms with Crippen LogP contribution in [0.25, 0.3) is 0 Å². The maximum Gasteiger partial charge on any atom is 0.234 e. The quantitative estimate of drug-likeness (QED) is 0.681. The zero-order valence-corrected chi connectivity index (χ0v) is 18.3. The van der Waals surface area contributed by atoms with Gasteiger partial charge in [-0.15, -0.1) is 0 Å². The summed E-state index contributed by atoms with van der Waals surface area (Å²) in [6.45, 7) is 7.11. The zero-order chi connectivity index (χ0) is 20.7. The van der Waals surface area contributed by atoms with Crippen LogP contribution in [0.15, 0.2) is 30.3 Å². The van der Waals surface area contributed by atoms with E-state index < -0.39 is 0 Å². The summed E-state index contributed by atoms with van der Waals surface area (Å²) in [6.07, 6.45) is 4.61. The summed E-state index contributed by atoms with van der Waals surface area (Å²) in [4.78, 5) is 27.3. The third-order valence-electron chi connectivity index (χ3n) is 6.11. The Morgan fingerprint density at radius 2 is 1.82 bits per heavy atom. The fourth-order valence-electron chi connectivity index (χ4n) is 4.58. The molecule has 1 fully saturated rings. The van der Waals surface area contributed by atoms with E-state index in [9.17, 15) is 9.59 Å². The van der Waals surface area contributed by atoms with Crippen LogP contribution in [0.1, 0.15) is 64.5 Å². The molecule has 0 aromatic heterocycles. The minimum absolute atomic E-state index is 0.00218. The Labute approximate surface area is 171 Å². The molecule has 1 amide bonds. The molecule has 0 unspecified atom stereocenters. The van der Waals surface area contributed by atoms with Gasteiger partial charge >= 0.3 is 0 Å². The minimum atomic E-state index is -0.115. The molecule has 0 saturated heterocycles. The van der Waals surface area contributed by atoms with Gasteiger partial charge in [0.25, 0.3) is 0 Å². The molecular weight excluding hydrogens is 348 g/mol. The van der Waals surface area contributed by atoms with E-state index in [1.165, 1.54) is 6.42 Å². The first kappa shape index (κ1) is 22.6. The van der Waals surface area contributed by atoms with E-state index in [1.54, 1.807) is 0 Å². The molecule has 0 bridgehead atoms. The van der Waals surface area contributed by atoms with Gasteiger partial charge in [0.2, 0.25) is 5.91 Å². The second kappa shape index (κ2) is 10.8. The predicted octanol–water partition coefficient (Wildman–Crippen LogP) is 4.46. The Balaban J connectivity index is 2.04. The van der Waals surface area contributed by atoms with Crippen molar-refractivity contribution in [3.63, 3.8) is 0 Å². The van der Waals surface area contributed by atoms with Crippen LogP contribution >= 0.6 is 0 Å². The molecule has 156 valence electrons. The van der Waals surface area contributed by atoms with Crippen molar-refractivity contribution in [2.75, 3.05) is 20.6 Å². The van der Waals surface area contributed by atoms with Crippen LogP contribution in [0.3, 0.4) is 0 Å². The lowest BCUT2D eigenvalue weighted by molar-refractivity contribution is -0.128. The molecule has 1 saturated carbocycles. The van der Waals surface area contributed by atoms with Gasteiger partial charge < -0.3 is 10.2 Å². The number of amides is 1. The highest BCUT2D eigenvalue weighted by atomic mass is 16.2. The Kier molecular flexibility index (Phi) is 8.68. The minimum Gasteiger partial charge on any atom is -0.348 e. The van der Waals surface area contributed by atoms with Crippen molar-refractivity contribution in [1.29, 1.82) is 0 Å². The molecule has 0 radical (unpaired) electrons. The molecule has 2 rings (SSSR count). The fraction of sp³-hybridized carbons (Fsp3) is 0.667. The Morgan fingerprint density at radius 1 is 1.14 bits per heavy atom. The van der Waals surface area contributed by atoms with Gasteiger partial charge in [0.15, 0.2) is 0 Å². The van der Waals surface area contributed by atoms with Crippen molar-refractivity contribution in [2.24, 2.45) is 23.7 Å². The second-order valence-corrected chi connectivity index (χ2v) is 9.21.